The molecule has 2 rings (SSSR count). The zero-order valence-electron chi connectivity index (χ0n) is 12.0. The van der Waals surface area contributed by atoms with Gasteiger partial charge in [0.15, 0.2) is 0 Å². The number of para-hydroxylation sites is 1. The van der Waals surface area contributed by atoms with Gasteiger partial charge in [0.05, 0.1) is 16.8 Å². The van der Waals surface area contributed by atoms with Crippen molar-refractivity contribution in [2.75, 3.05) is 6.54 Å². The maximum Gasteiger partial charge on any atom is 0.220 e. The van der Waals surface area contributed by atoms with E-state index in [4.69, 9.17) is 5.73 Å². The van der Waals surface area contributed by atoms with Crippen LogP contribution in [0, 0.1) is 0 Å². The van der Waals surface area contributed by atoms with Crippen LogP contribution in [0.5, 0.6) is 0 Å². The van der Waals surface area contributed by atoms with Crippen LogP contribution in [0.15, 0.2) is 24.3 Å². The summed E-state index contributed by atoms with van der Waals surface area (Å²) >= 11 is 1.63. The lowest BCUT2D eigenvalue weighted by molar-refractivity contribution is -0.121. The average Bonchev–Trinajstić information content (AvgIpc) is 2.88. The number of unbranched alkanes of at least 4 members (excludes halogenated alkanes) is 3. The quantitative estimate of drug-likeness (QED) is 0.731. The van der Waals surface area contributed by atoms with Crippen LogP contribution in [-0.2, 0) is 11.3 Å². The molecule has 116 valence electrons. The van der Waals surface area contributed by atoms with Gasteiger partial charge >= 0.3 is 0 Å². The number of rotatable bonds is 8. The summed E-state index contributed by atoms with van der Waals surface area (Å²) in [7, 11) is 0. The van der Waals surface area contributed by atoms with Gasteiger partial charge in [-0.3, -0.25) is 4.79 Å². The van der Waals surface area contributed by atoms with Crippen LogP contribution >= 0.6 is 23.7 Å². The van der Waals surface area contributed by atoms with E-state index >= 15 is 0 Å². The summed E-state index contributed by atoms with van der Waals surface area (Å²) in [5.41, 5.74) is 6.43. The molecule has 0 unspecified atom stereocenters. The summed E-state index contributed by atoms with van der Waals surface area (Å²) in [5.74, 6) is 0.108. The normalized spacial score (nSPS) is 10.3. The lowest BCUT2D eigenvalue weighted by atomic mass is 10.1. The Hall–Kier alpha value is -1.17. The van der Waals surface area contributed by atoms with Gasteiger partial charge in [-0.25, -0.2) is 4.98 Å². The highest BCUT2D eigenvalue weighted by Crippen LogP contribution is 2.21. The average molecular weight is 328 g/mol. The molecular weight excluding hydrogens is 306 g/mol. The maximum absolute atomic E-state index is 11.7. The number of benzene rings is 1. The number of hydrogen-bond acceptors (Lipinski definition) is 4. The van der Waals surface area contributed by atoms with Gasteiger partial charge in [-0.1, -0.05) is 25.0 Å². The van der Waals surface area contributed by atoms with E-state index in [0.717, 1.165) is 42.8 Å². The number of hydrogen-bond donors (Lipinski definition) is 2. The first-order chi connectivity index (χ1) is 9.79. The number of amides is 1. The van der Waals surface area contributed by atoms with Gasteiger partial charge in [0.25, 0.3) is 0 Å². The third kappa shape index (κ3) is 5.99. The molecule has 0 atom stereocenters. The zero-order chi connectivity index (χ0) is 14.2. The molecule has 0 radical (unpaired) electrons. The van der Waals surface area contributed by atoms with E-state index in [9.17, 15) is 4.79 Å². The number of thiazole rings is 1. The Bertz CT molecular complexity index is 526. The topological polar surface area (TPSA) is 68.0 Å². The molecule has 6 heteroatoms. The number of fused-ring (bicyclic) bond motifs is 1. The number of nitrogens with two attached hydrogens (primary N) is 1. The van der Waals surface area contributed by atoms with Crippen LogP contribution in [-0.4, -0.2) is 17.4 Å². The molecule has 0 aliphatic heterocycles. The van der Waals surface area contributed by atoms with E-state index in [1.807, 2.05) is 18.2 Å². The van der Waals surface area contributed by atoms with Crippen molar-refractivity contribution in [2.45, 2.75) is 38.6 Å². The van der Waals surface area contributed by atoms with E-state index < -0.39 is 0 Å². The van der Waals surface area contributed by atoms with Crippen LogP contribution in [0.3, 0.4) is 0 Å². The standard InChI is InChI=1S/C15H21N3OS.ClH/c16-10-6-2-1-3-9-14(19)17-11-15-18-12-7-4-5-8-13(12)20-15;/h4-5,7-8H,1-3,6,9-11,16H2,(H,17,19);1H. The van der Waals surface area contributed by atoms with Crippen molar-refractivity contribution in [3.8, 4) is 0 Å². The van der Waals surface area contributed by atoms with Crippen LogP contribution in [0.4, 0.5) is 0 Å². The second-order valence-electron chi connectivity index (χ2n) is 4.80. The van der Waals surface area contributed by atoms with Crippen molar-refractivity contribution in [3.05, 3.63) is 29.3 Å². The monoisotopic (exact) mass is 327 g/mol. The Morgan fingerprint density at radius 1 is 1.19 bits per heavy atom. The first-order valence-electron chi connectivity index (χ1n) is 7.11. The summed E-state index contributed by atoms with van der Waals surface area (Å²) in [6.07, 6.45) is 4.77. The Morgan fingerprint density at radius 2 is 1.95 bits per heavy atom. The number of nitrogens with one attached hydrogen (secondary N) is 1. The van der Waals surface area contributed by atoms with Crippen LogP contribution in [0.1, 0.15) is 37.1 Å². The highest BCUT2D eigenvalue weighted by atomic mass is 35.5. The van der Waals surface area contributed by atoms with Crippen LogP contribution in [0.2, 0.25) is 0 Å². The molecule has 21 heavy (non-hydrogen) atoms. The van der Waals surface area contributed by atoms with Crippen molar-refractivity contribution < 1.29 is 4.79 Å². The third-order valence-corrected chi connectivity index (χ3v) is 4.17. The molecule has 0 spiro atoms. The second-order valence-corrected chi connectivity index (χ2v) is 5.92. The Morgan fingerprint density at radius 3 is 2.71 bits per heavy atom. The fourth-order valence-electron chi connectivity index (χ4n) is 2.04. The van der Waals surface area contributed by atoms with Crippen LogP contribution < -0.4 is 11.1 Å². The smallest absolute Gasteiger partial charge is 0.220 e. The molecule has 0 saturated carbocycles. The molecule has 0 saturated heterocycles. The lowest BCUT2D eigenvalue weighted by Crippen LogP contribution is -2.22. The number of carbonyl (C=O) groups excluding carboxylic acids is 1. The molecule has 0 aliphatic rings. The summed E-state index contributed by atoms with van der Waals surface area (Å²) in [4.78, 5) is 16.2. The lowest BCUT2D eigenvalue weighted by Gasteiger charge is -2.02. The predicted molar refractivity (Wildman–Crippen MR) is 90.9 cm³/mol. The SMILES string of the molecule is Cl.NCCCCCCC(=O)NCc1nc2ccccc2s1. The first kappa shape index (κ1) is 17.9. The van der Waals surface area contributed by atoms with Gasteiger partial charge in [-0.05, 0) is 31.5 Å². The molecule has 0 aliphatic carbocycles. The van der Waals surface area contributed by atoms with Gasteiger partial charge in [0.2, 0.25) is 5.91 Å². The van der Waals surface area contributed by atoms with Crippen molar-refractivity contribution in [1.82, 2.24) is 10.3 Å². The number of carbonyl (C=O) groups is 1. The van der Waals surface area contributed by atoms with Gasteiger partial charge in [0.1, 0.15) is 5.01 Å². The molecule has 4 nitrogen and oxygen atoms in total. The molecule has 1 aromatic carbocycles. The summed E-state index contributed by atoms with van der Waals surface area (Å²) < 4.78 is 1.17. The molecule has 3 N–H and O–H groups in total. The Balaban J connectivity index is 0.00000220. The minimum Gasteiger partial charge on any atom is -0.350 e. The van der Waals surface area contributed by atoms with Gasteiger partial charge in [0, 0.05) is 6.42 Å². The van der Waals surface area contributed by atoms with Gasteiger partial charge in [-0.2, -0.15) is 0 Å². The molecule has 1 aromatic heterocycles. The first-order valence-corrected chi connectivity index (χ1v) is 7.92. The highest BCUT2D eigenvalue weighted by molar-refractivity contribution is 7.18. The summed E-state index contributed by atoms with van der Waals surface area (Å²) in [6, 6.07) is 8.03. The largest absolute Gasteiger partial charge is 0.350 e. The van der Waals surface area contributed by atoms with Gasteiger partial charge < -0.3 is 11.1 Å². The van der Waals surface area contributed by atoms with Crippen molar-refractivity contribution in [3.63, 3.8) is 0 Å². The Labute approximate surface area is 135 Å². The molecule has 0 fully saturated rings. The maximum atomic E-state index is 11.7. The molecule has 1 amide bonds. The molecule has 2 aromatic rings. The molecule has 1 heterocycles. The Kier molecular flexibility index (Phi) is 8.27. The van der Waals surface area contributed by atoms with Crippen molar-refractivity contribution in [1.29, 1.82) is 0 Å². The fraction of sp³-hybridized carbons (Fsp3) is 0.467. The van der Waals surface area contributed by atoms with E-state index in [2.05, 4.69) is 16.4 Å². The van der Waals surface area contributed by atoms with Crippen LogP contribution in [0.25, 0.3) is 10.2 Å². The predicted octanol–water partition coefficient (Wildman–Crippen LogP) is 3.24. The van der Waals surface area contributed by atoms with E-state index in [1.54, 1.807) is 11.3 Å². The minimum absolute atomic E-state index is 0. The van der Waals surface area contributed by atoms with E-state index in [0.29, 0.717) is 13.0 Å². The molecular formula is C15H22ClN3OS. The highest BCUT2D eigenvalue weighted by Gasteiger charge is 2.05. The van der Waals surface area contributed by atoms with Crippen molar-refractivity contribution in [2.24, 2.45) is 5.73 Å². The minimum atomic E-state index is 0. The van der Waals surface area contributed by atoms with E-state index in [1.165, 1.54) is 4.70 Å². The van der Waals surface area contributed by atoms with Gasteiger partial charge in [-0.15, -0.1) is 23.7 Å². The fourth-order valence-corrected chi connectivity index (χ4v) is 2.95. The number of aromatic nitrogens is 1. The van der Waals surface area contributed by atoms with Crippen molar-refractivity contribution >= 4 is 39.9 Å². The third-order valence-electron chi connectivity index (χ3n) is 3.13. The second kappa shape index (κ2) is 9.71. The summed E-state index contributed by atoms with van der Waals surface area (Å²) in [5, 5.41) is 3.90. The zero-order valence-corrected chi connectivity index (χ0v) is 13.6. The van der Waals surface area contributed by atoms with E-state index in [-0.39, 0.29) is 18.3 Å². The number of nitrogens with zero attached hydrogens (tertiary/aromatic N) is 1. The summed E-state index contributed by atoms with van der Waals surface area (Å²) in [6.45, 7) is 1.27. The molecule has 0 bridgehead atoms. The number of halogens is 1.